The minimum absolute atomic E-state index is 0.0109. The molecular weight excluding hydrogens is 378 g/mol. The van der Waals surface area contributed by atoms with E-state index in [2.05, 4.69) is 12.2 Å². The van der Waals surface area contributed by atoms with Crippen molar-refractivity contribution in [2.45, 2.75) is 96.1 Å². The fourth-order valence-corrected chi connectivity index (χ4v) is 5.59. The zero-order valence-electron chi connectivity index (χ0n) is 18.8. The number of carboxylic acids is 1. The molecule has 3 rings (SSSR count). The summed E-state index contributed by atoms with van der Waals surface area (Å²) in [4.78, 5) is 24.4. The number of hydrogen-bond acceptors (Lipinski definition) is 3. The van der Waals surface area contributed by atoms with Crippen molar-refractivity contribution in [3.05, 3.63) is 34.9 Å². The number of benzene rings is 1. The van der Waals surface area contributed by atoms with E-state index in [-0.39, 0.29) is 18.4 Å². The van der Waals surface area contributed by atoms with Crippen LogP contribution in [0.3, 0.4) is 0 Å². The van der Waals surface area contributed by atoms with Crippen molar-refractivity contribution in [1.29, 1.82) is 0 Å². The highest BCUT2D eigenvalue weighted by molar-refractivity contribution is 5.87. The quantitative estimate of drug-likeness (QED) is 0.625. The molecule has 5 nitrogen and oxygen atoms in total. The Hall–Kier alpha value is -1.88. The molecule has 0 heterocycles. The first-order chi connectivity index (χ1) is 14.0. The van der Waals surface area contributed by atoms with Gasteiger partial charge in [0, 0.05) is 12.5 Å². The highest BCUT2D eigenvalue weighted by atomic mass is 16.4. The van der Waals surface area contributed by atoms with E-state index in [1.54, 1.807) is 0 Å². The third-order valence-corrected chi connectivity index (χ3v) is 7.39. The molecule has 1 aromatic carbocycles. The number of aliphatic hydroxyl groups is 1. The smallest absolute Gasteiger partial charge is 0.303 e. The lowest BCUT2D eigenvalue weighted by atomic mass is 9.62. The molecule has 0 saturated heterocycles. The predicted octanol–water partition coefficient (Wildman–Crippen LogP) is 4.13. The van der Waals surface area contributed by atoms with Crippen molar-refractivity contribution in [2.75, 3.05) is 0 Å². The van der Waals surface area contributed by atoms with Crippen LogP contribution in [-0.4, -0.2) is 33.7 Å². The van der Waals surface area contributed by atoms with Gasteiger partial charge in [0.05, 0.1) is 11.0 Å². The molecule has 1 aromatic rings. The van der Waals surface area contributed by atoms with Crippen molar-refractivity contribution in [2.24, 2.45) is 11.8 Å². The first-order valence-corrected chi connectivity index (χ1v) is 11.4. The Kier molecular flexibility index (Phi) is 6.61. The first-order valence-electron chi connectivity index (χ1n) is 11.4. The Labute approximate surface area is 180 Å². The van der Waals surface area contributed by atoms with E-state index in [0.29, 0.717) is 18.3 Å². The number of fused-ring (bicyclic) bond motifs is 2. The molecule has 2 fully saturated rings. The standard InChI is InChI=1S/C25H37NO4/c1-5-18-14-25(30)10-6-7-19(15-25)22(18)26-23(29)24(3,4)20-12-16(2)11-17(13-20)8-9-21(27)28/h11-13,18-19,22,30H,5-10,14-15H2,1-4H3,(H,26,29)(H,27,28)/t18-,19+,22+,25+/m1/s1. The van der Waals surface area contributed by atoms with Crippen molar-refractivity contribution in [3.8, 4) is 0 Å². The lowest BCUT2D eigenvalue weighted by Gasteiger charge is -2.50. The number of hydrogen-bond donors (Lipinski definition) is 3. The van der Waals surface area contributed by atoms with Crippen LogP contribution >= 0.6 is 0 Å². The first kappa shape index (κ1) is 22.8. The summed E-state index contributed by atoms with van der Waals surface area (Å²) in [5.74, 6) is -0.162. The van der Waals surface area contributed by atoms with E-state index in [9.17, 15) is 14.7 Å². The Morgan fingerprint density at radius 2 is 1.97 bits per heavy atom. The van der Waals surface area contributed by atoms with Gasteiger partial charge in [0.15, 0.2) is 0 Å². The largest absolute Gasteiger partial charge is 0.481 e. The summed E-state index contributed by atoms with van der Waals surface area (Å²) in [5, 5.41) is 23.3. The third kappa shape index (κ3) is 4.88. The van der Waals surface area contributed by atoms with Crippen molar-refractivity contribution in [1.82, 2.24) is 5.32 Å². The van der Waals surface area contributed by atoms with Gasteiger partial charge in [0.25, 0.3) is 0 Å². The fraction of sp³-hybridized carbons (Fsp3) is 0.680. The summed E-state index contributed by atoms with van der Waals surface area (Å²) in [7, 11) is 0. The second-order valence-corrected chi connectivity index (χ2v) is 10.2. The minimum atomic E-state index is -0.814. The molecule has 0 radical (unpaired) electrons. The maximum Gasteiger partial charge on any atom is 0.303 e. The van der Waals surface area contributed by atoms with Crippen LogP contribution in [0, 0.1) is 18.8 Å². The average molecular weight is 416 g/mol. The lowest BCUT2D eigenvalue weighted by Crippen LogP contribution is -2.58. The van der Waals surface area contributed by atoms with Crippen molar-refractivity contribution < 1.29 is 19.8 Å². The van der Waals surface area contributed by atoms with E-state index in [0.717, 1.165) is 55.2 Å². The number of aryl methyl sites for hydroxylation is 2. The van der Waals surface area contributed by atoms with Gasteiger partial charge in [-0.1, -0.05) is 43.5 Å². The third-order valence-electron chi connectivity index (χ3n) is 7.39. The van der Waals surface area contributed by atoms with Crippen LogP contribution in [0.2, 0.25) is 0 Å². The number of amides is 1. The van der Waals surface area contributed by atoms with E-state index >= 15 is 0 Å². The molecule has 0 spiro atoms. The number of nitrogens with one attached hydrogen (secondary N) is 1. The SMILES string of the molecule is CC[C@@H]1C[C@@]2(O)CCC[C@@H](C2)[C@H]1NC(=O)C(C)(C)c1cc(C)cc(CCC(=O)O)c1. The minimum Gasteiger partial charge on any atom is -0.481 e. The van der Waals surface area contributed by atoms with Crippen LogP contribution in [0.25, 0.3) is 0 Å². The number of carboxylic acid groups (broad SMARTS) is 1. The number of carbonyl (C=O) groups excluding carboxylic acids is 1. The highest BCUT2D eigenvalue weighted by Crippen LogP contribution is 2.46. The van der Waals surface area contributed by atoms with Gasteiger partial charge < -0.3 is 15.5 Å². The molecule has 0 unspecified atom stereocenters. The van der Waals surface area contributed by atoms with Crippen LogP contribution in [0.1, 0.15) is 82.4 Å². The summed E-state index contributed by atoms with van der Waals surface area (Å²) in [6, 6.07) is 6.12. The zero-order valence-corrected chi connectivity index (χ0v) is 18.8. The maximum absolute atomic E-state index is 13.5. The molecule has 4 atom stereocenters. The second kappa shape index (κ2) is 8.70. The van der Waals surface area contributed by atoms with E-state index < -0.39 is 17.0 Å². The lowest BCUT2D eigenvalue weighted by molar-refractivity contribution is -0.137. The van der Waals surface area contributed by atoms with Gasteiger partial charge in [-0.2, -0.15) is 0 Å². The van der Waals surface area contributed by atoms with Gasteiger partial charge in [-0.15, -0.1) is 0 Å². The van der Waals surface area contributed by atoms with Gasteiger partial charge in [0.1, 0.15) is 0 Å². The Morgan fingerprint density at radius 3 is 2.63 bits per heavy atom. The Morgan fingerprint density at radius 1 is 1.23 bits per heavy atom. The molecule has 30 heavy (non-hydrogen) atoms. The molecular formula is C25H37NO4. The predicted molar refractivity (Wildman–Crippen MR) is 117 cm³/mol. The van der Waals surface area contributed by atoms with Crippen LogP contribution < -0.4 is 5.32 Å². The average Bonchev–Trinajstić information content (AvgIpc) is 2.67. The number of carbonyl (C=O) groups is 2. The van der Waals surface area contributed by atoms with Gasteiger partial charge in [-0.3, -0.25) is 9.59 Å². The summed E-state index contributed by atoms with van der Waals surface area (Å²) < 4.78 is 0. The summed E-state index contributed by atoms with van der Waals surface area (Å²) in [6.45, 7) is 8.02. The molecule has 0 aromatic heterocycles. The molecule has 2 bridgehead atoms. The van der Waals surface area contributed by atoms with E-state index in [4.69, 9.17) is 5.11 Å². The van der Waals surface area contributed by atoms with Crippen molar-refractivity contribution in [3.63, 3.8) is 0 Å². The molecule has 2 aliphatic carbocycles. The molecule has 5 heteroatoms. The zero-order chi connectivity index (χ0) is 22.1. The van der Waals surface area contributed by atoms with Gasteiger partial charge >= 0.3 is 5.97 Å². The number of aliphatic carboxylic acids is 1. The molecule has 3 N–H and O–H groups in total. The summed E-state index contributed by atoms with van der Waals surface area (Å²) >= 11 is 0. The van der Waals surface area contributed by atoms with Crippen LogP contribution in [-0.2, 0) is 21.4 Å². The van der Waals surface area contributed by atoms with Gasteiger partial charge in [-0.05, 0) is 75.8 Å². The second-order valence-electron chi connectivity index (χ2n) is 10.2. The summed E-state index contributed by atoms with van der Waals surface area (Å²) in [6.07, 6.45) is 6.03. The normalized spacial score (nSPS) is 28.8. The molecule has 166 valence electrons. The monoisotopic (exact) mass is 415 g/mol. The van der Waals surface area contributed by atoms with Crippen LogP contribution in [0.4, 0.5) is 0 Å². The maximum atomic E-state index is 13.5. The number of rotatable bonds is 7. The van der Waals surface area contributed by atoms with Gasteiger partial charge in [-0.25, -0.2) is 0 Å². The molecule has 2 saturated carbocycles. The Balaban J connectivity index is 1.79. The van der Waals surface area contributed by atoms with E-state index in [1.165, 1.54) is 0 Å². The Bertz CT molecular complexity index is 800. The van der Waals surface area contributed by atoms with Gasteiger partial charge in [0.2, 0.25) is 5.91 Å². The summed E-state index contributed by atoms with van der Waals surface area (Å²) in [5.41, 5.74) is 1.65. The highest BCUT2D eigenvalue weighted by Gasteiger charge is 2.48. The van der Waals surface area contributed by atoms with E-state index in [1.807, 2.05) is 39.0 Å². The van der Waals surface area contributed by atoms with Crippen molar-refractivity contribution >= 4 is 11.9 Å². The van der Waals surface area contributed by atoms with Crippen LogP contribution in [0.5, 0.6) is 0 Å². The molecule has 0 aliphatic heterocycles. The molecule has 2 aliphatic rings. The topological polar surface area (TPSA) is 86.6 Å². The van der Waals surface area contributed by atoms with Crippen LogP contribution in [0.15, 0.2) is 18.2 Å². The molecule has 1 amide bonds. The fourth-order valence-electron chi connectivity index (χ4n) is 5.59.